The second-order valence-electron chi connectivity index (χ2n) is 3.85. The van der Waals surface area contributed by atoms with Gasteiger partial charge in [-0.2, -0.15) is 0 Å². The van der Waals surface area contributed by atoms with E-state index in [4.69, 9.17) is 4.74 Å². The second kappa shape index (κ2) is 5.23. The summed E-state index contributed by atoms with van der Waals surface area (Å²) in [5.41, 5.74) is 0. The number of rotatable bonds is 4. The van der Waals surface area contributed by atoms with E-state index in [2.05, 4.69) is 10.3 Å². The monoisotopic (exact) mass is 223 g/mol. The van der Waals surface area contributed by atoms with E-state index in [0.29, 0.717) is 19.6 Å². The number of hydrogen-bond acceptors (Lipinski definition) is 4. The zero-order valence-corrected chi connectivity index (χ0v) is 9.48. The molecule has 1 saturated heterocycles. The summed E-state index contributed by atoms with van der Waals surface area (Å²) >= 11 is 0. The number of aromatic nitrogens is 2. The number of Topliss-reactive ketones (excluding diaryl/α,β-unsaturated/α-hetero) is 1. The minimum absolute atomic E-state index is 0.153. The first-order valence-corrected chi connectivity index (χ1v) is 5.65. The fourth-order valence-corrected chi connectivity index (χ4v) is 1.85. The molecule has 1 aliphatic rings. The quantitative estimate of drug-likeness (QED) is 0.781. The van der Waals surface area contributed by atoms with Crippen LogP contribution in [0.1, 0.15) is 12.7 Å². The SMILES string of the molecule is CCn1ccnc1CC(=O)C1COCCN1. The third kappa shape index (κ3) is 2.48. The molecule has 1 N–H and O–H groups in total. The van der Waals surface area contributed by atoms with Crippen LogP contribution in [0.3, 0.4) is 0 Å². The Morgan fingerprint density at radius 1 is 1.75 bits per heavy atom. The van der Waals surface area contributed by atoms with Crippen molar-refractivity contribution in [2.24, 2.45) is 0 Å². The standard InChI is InChI=1S/C11H17N3O2/c1-2-14-5-3-13-11(14)7-10(15)9-8-16-6-4-12-9/h3,5,9,12H,2,4,6-8H2,1H3. The van der Waals surface area contributed by atoms with E-state index in [1.807, 2.05) is 17.7 Å². The molecule has 88 valence electrons. The lowest BCUT2D eigenvalue weighted by Gasteiger charge is -2.22. The van der Waals surface area contributed by atoms with Crippen LogP contribution in [-0.4, -0.2) is 41.1 Å². The van der Waals surface area contributed by atoms with Crippen molar-refractivity contribution in [1.82, 2.24) is 14.9 Å². The Morgan fingerprint density at radius 3 is 3.31 bits per heavy atom. The Balaban J connectivity index is 1.95. The third-order valence-corrected chi connectivity index (χ3v) is 2.79. The molecule has 0 saturated carbocycles. The Kier molecular flexibility index (Phi) is 3.69. The van der Waals surface area contributed by atoms with Gasteiger partial charge in [-0.05, 0) is 6.92 Å². The van der Waals surface area contributed by atoms with Crippen molar-refractivity contribution >= 4 is 5.78 Å². The molecular weight excluding hydrogens is 206 g/mol. The molecule has 16 heavy (non-hydrogen) atoms. The highest BCUT2D eigenvalue weighted by Crippen LogP contribution is 2.03. The molecule has 0 aliphatic carbocycles. The zero-order valence-electron chi connectivity index (χ0n) is 9.48. The van der Waals surface area contributed by atoms with Crippen LogP contribution in [0.4, 0.5) is 0 Å². The van der Waals surface area contributed by atoms with Crippen LogP contribution in [-0.2, 0) is 22.5 Å². The van der Waals surface area contributed by atoms with Gasteiger partial charge in [-0.25, -0.2) is 4.98 Å². The van der Waals surface area contributed by atoms with Gasteiger partial charge in [0.1, 0.15) is 5.82 Å². The normalized spacial score (nSPS) is 20.9. The maximum Gasteiger partial charge on any atom is 0.159 e. The lowest BCUT2D eigenvalue weighted by Crippen LogP contribution is -2.47. The van der Waals surface area contributed by atoms with E-state index in [-0.39, 0.29) is 11.8 Å². The maximum absolute atomic E-state index is 11.9. The summed E-state index contributed by atoms with van der Waals surface area (Å²) in [5.74, 6) is 0.987. The molecule has 0 spiro atoms. The first kappa shape index (κ1) is 11.3. The van der Waals surface area contributed by atoms with Crippen molar-refractivity contribution in [3.63, 3.8) is 0 Å². The first-order valence-electron chi connectivity index (χ1n) is 5.65. The molecular formula is C11H17N3O2. The Morgan fingerprint density at radius 2 is 2.62 bits per heavy atom. The number of carbonyl (C=O) groups is 1. The van der Waals surface area contributed by atoms with Gasteiger partial charge < -0.3 is 14.6 Å². The topological polar surface area (TPSA) is 56.2 Å². The number of nitrogens with one attached hydrogen (secondary N) is 1. The van der Waals surface area contributed by atoms with Gasteiger partial charge >= 0.3 is 0 Å². The molecule has 0 aromatic carbocycles. The smallest absolute Gasteiger partial charge is 0.159 e. The minimum atomic E-state index is -0.171. The van der Waals surface area contributed by atoms with Gasteiger partial charge in [-0.15, -0.1) is 0 Å². The van der Waals surface area contributed by atoms with Gasteiger partial charge in [0.2, 0.25) is 0 Å². The van der Waals surface area contributed by atoms with Gasteiger partial charge in [0.15, 0.2) is 5.78 Å². The summed E-state index contributed by atoms with van der Waals surface area (Å²) in [6.07, 6.45) is 4.01. The molecule has 1 unspecified atom stereocenters. The average Bonchev–Trinajstić information content (AvgIpc) is 2.77. The molecule has 1 aromatic heterocycles. The first-order chi connectivity index (χ1) is 7.81. The van der Waals surface area contributed by atoms with E-state index in [1.54, 1.807) is 6.20 Å². The van der Waals surface area contributed by atoms with E-state index in [9.17, 15) is 4.79 Å². The van der Waals surface area contributed by atoms with Crippen molar-refractivity contribution in [2.75, 3.05) is 19.8 Å². The Bertz CT molecular complexity index is 356. The van der Waals surface area contributed by atoms with Crippen molar-refractivity contribution in [2.45, 2.75) is 25.9 Å². The Hall–Kier alpha value is -1.20. The fourth-order valence-electron chi connectivity index (χ4n) is 1.85. The summed E-state index contributed by atoms with van der Waals surface area (Å²) < 4.78 is 7.26. The molecule has 5 nitrogen and oxygen atoms in total. The van der Waals surface area contributed by atoms with Gasteiger partial charge in [-0.1, -0.05) is 0 Å². The summed E-state index contributed by atoms with van der Waals surface area (Å²) in [4.78, 5) is 16.1. The number of aryl methyl sites for hydroxylation is 1. The van der Waals surface area contributed by atoms with Crippen LogP contribution in [0.15, 0.2) is 12.4 Å². The highest BCUT2D eigenvalue weighted by atomic mass is 16.5. The predicted octanol–water partition coefficient (Wildman–Crippen LogP) is 0.00300. The van der Waals surface area contributed by atoms with E-state index in [1.165, 1.54) is 0 Å². The molecule has 0 bridgehead atoms. The van der Waals surface area contributed by atoms with E-state index < -0.39 is 0 Å². The van der Waals surface area contributed by atoms with Crippen LogP contribution >= 0.6 is 0 Å². The van der Waals surface area contributed by atoms with Gasteiger partial charge in [0.05, 0.1) is 25.7 Å². The summed E-state index contributed by atoms with van der Waals surface area (Å²) in [6, 6.07) is -0.171. The van der Waals surface area contributed by atoms with Gasteiger partial charge in [-0.3, -0.25) is 4.79 Å². The van der Waals surface area contributed by atoms with E-state index >= 15 is 0 Å². The maximum atomic E-state index is 11.9. The molecule has 2 rings (SSSR count). The molecule has 2 heterocycles. The van der Waals surface area contributed by atoms with Crippen LogP contribution < -0.4 is 5.32 Å². The number of ketones is 1. The average molecular weight is 223 g/mol. The van der Waals surface area contributed by atoms with Crippen molar-refractivity contribution < 1.29 is 9.53 Å². The lowest BCUT2D eigenvalue weighted by molar-refractivity contribution is -0.123. The van der Waals surface area contributed by atoms with Crippen molar-refractivity contribution in [3.05, 3.63) is 18.2 Å². The number of nitrogens with zero attached hydrogens (tertiary/aromatic N) is 2. The second-order valence-corrected chi connectivity index (χ2v) is 3.85. The molecule has 1 aromatic rings. The van der Waals surface area contributed by atoms with Crippen molar-refractivity contribution in [3.8, 4) is 0 Å². The summed E-state index contributed by atoms with van der Waals surface area (Å²) in [5, 5.41) is 3.16. The number of carbonyl (C=O) groups excluding carboxylic acids is 1. The number of hydrogen-bond donors (Lipinski definition) is 1. The summed E-state index contributed by atoms with van der Waals surface area (Å²) in [7, 11) is 0. The molecule has 1 aliphatic heterocycles. The van der Waals surface area contributed by atoms with Crippen LogP contribution in [0, 0.1) is 0 Å². The summed E-state index contributed by atoms with van der Waals surface area (Å²) in [6.45, 7) is 4.80. The number of ether oxygens (including phenoxy) is 1. The number of imidazole rings is 1. The molecule has 0 amide bonds. The van der Waals surface area contributed by atoms with Gasteiger partial charge in [0, 0.05) is 25.5 Å². The predicted molar refractivity (Wildman–Crippen MR) is 59.2 cm³/mol. The zero-order chi connectivity index (χ0) is 11.4. The third-order valence-electron chi connectivity index (χ3n) is 2.79. The minimum Gasteiger partial charge on any atom is -0.378 e. The van der Waals surface area contributed by atoms with Crippen LogP contribution in [0.25, 0.3) is 0 Å². The largest absolute Gasteiger partial charge is 0.378 e. The highest BCUT2D eigenvalue weighted by Gasteiger charge is 2.22. The highest BCUT2D eigenvalue weighted by molar-refractivity contribution is 5.85. The molecule has 1 atom stereocenters. The van der Waals surface area contributed by atoms with Crippen LogP contribution in [0.5, 0.6) is 0 Å². The van der Waals surface area contributed by atoms with Gasteiger partial charge in [0.25, 0.3) is 0 Å². The van der Waals surface area contributed by atoms with Crippen LogP contribution in [0.2, 0.25) is 0 Å². The van der Waals surface area contributed by atoms with Crippen molar-refractivity contribution in [1.29, 1.82) is 0 Å². The fraction of sp³-hybridized carbons (Fsp3) is 0.636. The number of morpholine rings is 1. The Labute approximate surface area is 94.8 Å². The lowest BCUT2D eigenvalue weighted by atomic mass is 10.1. The molecule has 5 heteroatoms. The molecule has 0 radical (unpaired) electrons. The molecule has 1 fully saturated rings. The van der Waals surface area contributed by atoms with E-state index in [0.717, 1.165) is 18.9 Å².